The molecule has 0 aliphatic carbocycles. The summed E-state index contributed by atoms with van der Waals surface area (Å²) >= 11 is 0. The summed E-state index contributed by atoms with van der Waals surface area (Å²) in [7, 11) is -4.75. The largest absolute Gasteiger partial charge is 0.469 e. The number of aryl methyl sites for hydroxylation is 1. The fourth-order valence-corrected chi connectivity index (χ4v) is 2.83. The van der Waals surface area contributed by atoms with Crippen molar-refractivity contribution in [2.75, 3.05) is 6.61 Å². The number of hydrogen-bond acceptors (Lipinski definition) is 8. The van der Waals surface area contributed by atoms with E-state index in [1.165, 1.54) is 10.9 Å². The molecule has 0 spiro atoms. The molecule has 0 saturated carbocycles. The third-order valence-electron chi connectivity index (χ3n) is 3.57. The number of phosphoric acid groups is 1. The zero-order valence-corrected chi connectivity index (χ0v) is 13.2. The number of aromatic amines is 1. The number of fused-ring (bicyclic) bond motifs is 1. The molecular formula is C11H15N4O8P. The Hall–Kier alpha value is -1.66. The van der Waals surface area contributed by atoms with Gasteiger partial charge in [-0.2, -0.15) is 0 Å². The first kappa shape index (κ1) is 17.2. The summed E-state index contributed by atoms with van der Waals surface area (Å²) < 4.78 is 21.7. The van der Waals surface area contributed by atoms with Gasteiger partial charge in [0.1, 0.15) is 24.1 Å². The number of aromatic nitrogens is 4. The predicted octanol–water partition coefficient (Wildman–Crippen LogP) is -1.84. The molecule has 2 aromatic rings. The molecule has 0 aromatic carbocycles. The van der Waals surface area contributed by atoms with Crippen molar-refractivity contribution >= 4 is 19.0 Å². The Bertz CT molecular complexity index is 859. The molecule has 1 fully saturated rings. The van der Waals surface area contributed by atoms with Gasteiger partial charge >= 0.3 is 7.82 Å². The van der Waals surface area contributed by atoms with Crippen LogP contribution >= 0.6 is 7.82 Å². The van der Waals surface area contributed by atoms with E-state index in [4.69, 9.17) is 14.5 Å². The predicted molar refractivity (Wildman–Crippen MR) is 76.8 cm³/mol. The van der Waals surface area contributed by atoms with E-state index in [-0.39, 0.29) is 11.2 Å². The maximum Gasteiger partial charge on any atom is 0.469 e. The van der Waals surface area contributed by atoms with Crippen LogP contribution in [0.15, 0.2) is 11.1 Å². The highest BCUT2D eigenvalue weighted by molar-refractivity contribution is 7.46. The molecule has 3 rings (SSSR count). The zero-order chi connectivity index (χ0) is 17.6. The summed E-state index contributed by atoms with van der Waals surface area (Å²) in [6, 6.07) is 0. The quantitative estimate of drug-likeness (QED) is 0.388. The molecular weight excluding hydrogens is 347 g/mol. The lowest BCUT2D eigenvalue weighted by molar-refractivity contribution is -0.0504. The number of H-pyrrole nitrogens is 1. The van der Waals surface area contributed by atoms with Crippen LogP contribution in [0, 0.1) is 6.92 Å². The van der Waals surface area contributed by atoms with E-state index >= 15 is 0 Å². The fraction of sp³-hybridized carbons (Fsp3) is 0.545. The van der Waals surface area contributed by atoms with Gasteiger partial charge in [0.2, 0.25) is 0 Å². The van der Waals surface area contributed by atoms with Crippen LogP contribution in [0.25, 0.3) is 11.2 Å². The van der Waals surface area contributed by atoms with Gasteiger partial charge in [-0.3, -0.25) is 13.9 Å². The fourth-order valence-electron chi connectivity index (χ4n) is 2.49. The van der Waals surface area contributed by atoms with Crippen LogP contribution in [0.1, 0.15) is 12.1 Å². The minimum Gasteiger partial charge on any atom is -0.387 e. The van der Waals surface area contributed by atoms with Gasteiger partial charge in [0, 0.05) is 0 Å². The first-order valence-electron chi connectivity index (χ1n) is 6.82. The van der Waals surface area contributed by atoms with Gasteiger partial charge in [0.05, 0.1) is 12.9 Å². The van der Waals surface area contributed by atoms with Crippen molar-refractivity contribution in [2.45, 2.75) is 31.5 Å². The number of ether oxygens (including phenoxy) is 1. The molecule has 1 aliphatic rings. The number of hydrogen-bond donors (Lipinski definition) is 5. The number of rotatable bonds is 4. The number of aliphatic hydroxyl groups is 2. The van der Waals surface area contributed by atoms with Crippen molar-refractivity contribution in [1.82, 2.24) is 19.5 Å². The van der Waals surface area contributed by atoms with Crippen molar-refractivity contribution in [3.63, 3.8) is 0 Å². The zero-order valence-electron chi connectivity index (χ0n) is 12.3. The maximum atomic E-state index is 11.8. The van der Waals surface area contributed by atoms with Gasteiger partial charge in [0.25, 0.3) is 5.56 Å². The van der Waals surface area contributed by atoms with Crippen molar-refractivity contribution in [1.29, 1.82) is 0 Å². The van der Waals surface area contributed by atoms with E-state index in [0.29, 0.717) is 5.82 Å². The Kier molecular flexibility index (Phi) is 4.30. The lowest BCUT2D eigenvalue weighted by Gasteiger charge is -2.16. The van der Waals surface area contributed by atoms with Crippen LogP contribution in [0.3, 0.4) is 0 Å². The van der Waals surface area contributed by atoms with E-state index in [9.17, 15) is 19.6 Å². The molecule has 3 heterocycles. The van der Waals surface area contributed by atoms with E-state index < -0.39 is 44.5 Å². The average Bonchev–Trinajstić information content (AvgIpc) is 3.00. The normalized spacial score (nSPS) is 27.9. The summed E-state index contributed by atoms with van der Waals surface area (Å²) in [5, 5.41) is 20.1. The highest BCUT2D eigenvalue weighted by Crippen LogP contribution is 2.38. The topological polar surface area (TPSA) is 180 Å². The van der Waals surface area contributed by atoms with E-state index in [0.717, 1.165) is 0 Å². The van der Waals surface area contributed by atoms with Gasteiger partial charge in [-0.25, -0.2) is 14.5 Å². The lowest BCUT2D eigenvalue weighted by atomic mass is 10.1. The number of nitrogens with zero attached hydrogens (tertiary/aromatic N) is 3. The molecule has 0 bridgehead atoms. The molecule has 1 aliphatic heterocycles. The van der Waals surface area contributed by atoms with Crippen LogP contribution in [0.4, 0.5) is 0 Å². The number of aliphatic hydroxyl groups excluding tert-OH is 2. The van der Waals surface area contributed by atoms with Crippen molar-refractivity contribution < 1.29 is 33.8 Å². The molecule has 0 amide bonds. The number of imidazole rings is 1. The molecule has 1 unspecified atom stereocenters. The van der Waals surface area contributed by atoms with Crippen LogP contribution in [0.2, 0.25) is 0 Å². The van der Waals surface area contributed by atoms with Gasteiger partial charge in [0.15, 0.2) is 17.4 Å². The summed E-state index contributed by atoms with van der Waals surface area (Å²) in [6.45, 7) is 0.939. The first-order valence-corrected chi connectivity index (χ1v) is 8.35. The second-order valence-corrected chi connectivity index (χ2v) is 6.55. The van der Waals surface area contributed by atoms with E-state index in [1.54, 1.807) is 6.92 Å². The van der Waals surface area contributed by atoms with Crippen molar-refractivity contribution in [3.8, 4) is 0 Å². The average molecular weight is 362 g/mol. The van der Waals surface area contributed by atoms with E-state index in [2.05, 4.69) is 19.5 Å². The Morgan fingerprint density at radius 1 is 1.42 bits per heavy atom. The van der Waals surface area contributed by atoms with Crippen LogP contribution in [0.5, 0.6) is 0 Å². The molecule has 0 radical (unpaired) electrons. The van der Waals surface area contributed by atoms with Gasteiger partial charge in [-0.1, -0.05) is 0 Å². The molecule has 5 N–H and O–H groups in total. The molecule has 132 valence electrons. The number of nitrogens with one attached hydrogen (secondary N) is 1. The first-order chi connectivity index (χ1) is 11.2. The SMILES string of the molecule is Cc1nc2c(ncn2[C@@H]2O[C@H](COP(=O)(O)O)C(O)[C@@H]2O)c(=O)[nH]1. The Labute approximate surface area is 133 Å². The summed E-state index contributed by atoms with van der Waals surface area (Å²) in [5.41, 5.74) is -0.296. The van der Waals surface area contributed by atoms with E-state index in [1.807, 2.05) is 0 Å². The van der Waals surface area contributed by atoms with Gasteiger partial charge in [-0.05, 0) is 6.92 Å². The smallest absolute Gasteiger partial charge is 0.387 e. The van der Waals surface area contributed by atoms with Gasteiger partial charge < -0.3 is 29.7 Å². The standard InChI is InChI=1S/C11H15N4O8P/c1-4-13-9-6(10(18)14-4)12-3-15(9)11-8(17)7(16)5(23-11)2-22-24(19,20)21/h3,5,7-8,11,16-17H,2H2,1H3,(H,13,14,18)(H2,19,20,21)/t5-,7?,8+,11-/m1/s1. The van der Waals surface area contributed by atoms with Crippen molar-refractivity contribution in [3.05, 3.63) is 22.5 Å². The molecule has 13 heteroatoms. The summed E-state index contributed by atoms with van der Waals surface area (Å²) in [6.07, 6.45) is -4.00. The second-order valence-electron chi connectivity index (χ2n) is 5.31. The Morgan fingerprint density at radius 2 is 2.12 bits per heavy atom. The minimum absolute atomic E-state index is 0.0285. The Balaban J connectivity index is 1.90. The van der Waals surface area contributed by atoms with Crippen molar-refractivity contribution in [2.24, 2.45) is 0 Å². The molecule has 1 saturated heterocycles. The maximum absolute atomic E-state index is 11.8. The summed E-state index contributed by atoms with van der Waals surface area (Å²) in [4.78, 5) is 39.7. The highest BCUT2D eigenvalue weighted by atomic mass is 31.2. The van der Waals surface area contributed by atoms with Crippen LogP contribution < -0.4 is 5.56 Å². The molecule has 4 atom stereocenters. The van der Waals surface area contributed by atoms with Crippen LogP contribution in [-0.2, 0) is 13.8 Å². The molecule has 24 heavy (non-hydrogen) atoms. The minimum atomic E-state index is -4.75. The highest BCUT2D eigenvalue weighted by Gasteiger charge is 2.45. The third-order valence-corrected chi connectivity index (χ3v) is 4.05. The third kappa shape index (κ3) is 3.13. The molecule has 2 aromatic heterocycles. The van der Waals surface area contributed by atoms with Crippen LogP contribution in [-0.4, -0.2) is 64.4 Å². The Morgan fingerprint density at radius 3 is 2.79 bits per heavy atom. The molecule has 12 nitrogen and oxygen atoms in total. The lowest BCUT2D eigenvalue weighted by Crippen LogP contribution is -2.33. The van der Waals surface area contributed by atoms with Gasteiger partial charge in [-0.15, -0.1) is 0 Å². The summed E-state index contributed by atoms with van der Waals surface area (Å²) in [5.74, 6) is 0.323. The second kappa shape index (κ2) is 6.01. The monoisotopic (exact) mass is 362 g/mol. The number of phosphoric ester groups is 1.